The standard InChI is InChI=1S/C17H25NO3/c1-12-7-5-6-8-15(12)13-9-14(11-19)18(10-13)16(20)21-17(2,3)4/h5-8,13-14,19H,9-11H2,1-4H3/t13-,14-/m0/s1. The van der Waals surface area contributed by atoms with Crippen LogP contribution in [0, 0.1) is 6.92 Å². The van der Waals surface area contributed by atoms with Crippen molar-refractivity contribution < 1.29 is 14.6 Å². The van der Waals surface area contributed by atoms with E-state index in [1.165, 1.54) is 11.1 Å². The fourth-order valence-corrected chi connectivity index (χ4v) is 2.90. The van der Waals surface area contributed by atoms with Gasteiger partial charge in [0.25, 0.3) is 0 Å². The van der Waals surface area contributed by atoms with Crippen molar-refractivity contribution in [1.29, 1.82) is 0 Å². The molecule has 1 aromatic carbocycles. The lowest BCUT2D eigenvalue weighted by Crippen LogP contribution is -2.41. The predicted octanol–water partition coefficient (Wildman–Crippen LogP) is 3.08. The fourth-order valence-electron chi connectivity index (χ4n) is 2.90. The molecule has 0 spiro atoms. The summed E-state index contributed by atoms with van der Waals surface area (Å²) in [4.78, 5) is 14.0. The van der Waals surface area contributed by atoms with E-state index >= 15 is 0 Å². The number of aryl methyl sites for hydroxylation is 1. The van der Waals surface area contributed by atoms with Crippen LogP contribution in [-0.4, -0.2) is 40.9 Å². The highest BCUT2D eigenvalue weighted by atomic mass is 16.6. The van der Waals surface area contributed by atoms with E-state index in [0.717, 1.165) is 6.42 Å². The van der Waals surface area contributed by atoms with Gasteiger partial charge in [0.05, 0.1) is 12.6 Å². The lowest BCUT2D eigenvalue weighted by molar-refractivity contribution is 0.0174. The van der Waals surface area contributed by atoms with Crippen molar-refractivity contribution in [2.45, 2.75) is 51.7 Å². The monoisotopic (exact) mass is 291 g/mol. The van der Waals surface area contributed by atoms with Gasteiger partial charge >= 0.3 is 6.09 Å². The van der Waals surface area contributed by atoms with Gasteiger partial charge in [-0.2, -0.15) is 0 Å². The number of benzene rings is 1. The molecule has 116 valence electrons. The SMILES string of the molecule is Cc1ccccc1[C@H]1C[C@@H](CO)N(C(=O)OC(C)(C)C)C1. The smallest absolute Gasteiger partial charge is 0.410 e. The Bertz CT molecular complexity index is 507. The summed E-state index contributed by atoms with van der Waals surface area (Å²) in [6, 6.07) is 8.06. The molecule has 21 heavy (non-hydrogen) atoms. The van der Waals surface area contributed by atoms with Crippen LogP contribution < -0.4 is 0 Å². The average molecular weight is 291 g/mol. The van der Waals surface area contributed by atoms with Gasteiger partial charge in [0.15, 0.2) is 0 Å². The summed E-state index contributed by atoms with van der Waals surface area (Å²) in [6.07, 6.45) is 0.443. The Labute approximate surface area is 126 Å². The number of aliphatic hydroxyl groups excluding tert-OH is 1. The highest BCUT2D eigenvalue weighted by Gasteiger charge is 2.38. The van der Waals surface area contributed by atoms with Gasteiger partial charge in [-0.05, 0) is 45.2 Å². The molecule has 2 atom stereocenters. The number of aliphatic hydroxyl groups is 1. The van der Waals surface area contributed by atoms with Gasteiger partial charge in [-0.3, -0.25) is 0 Å². The van der Waals surface area contributed by atoms with E-state index in [2.05, 4.69) is 19.1 Å². The van der Waals surface area contributed by atoms with Crippen molar-refractivity contribution in [3.63, 3.8) is 0 Å². The van der Waals surface area contributed by atoms with Gasteiger partial charge in [-0.1, -0.05) is 24.3 Å². The Balaban J connectivity index is 2.14. The highest BCUT2D eigenvalue weighted by molar-refractivity contribution is 5.69. The van der Waals surface area contributed by atoms with Crippen molar-refractivity contribution in [2.24, 2.45) is 0 Å². The molecule has 1 aliphatic rings. The molecular formula is C17H25NO3. The zero-order valence-corrected chi connectivity index (χ0v) is 13.3. The molecule has 0 radical (unpaired) electrons. The maximum Gasteiger partial charge on any atom is 0.410 e. The zero-order valence-electron chi connectivity index (χ0n) is 13.3. The van der Waals surface area contributed by atoms with Crippen molar-refractivity contribution in [3.8, 4) is 0 Å². The molecule has 1 aromatic rings. The molecule has 2 rings (SSSR count). The zero-order chi connectivity index (χ0) is 15.6. The van der Waals surface area contributed by atoms with Crippen molar-refractivity contribution >= 4 is 6.09 Å². The van der Waals surface area contributed by atoms with Gasteiger partial charge < -0.3 is 14.7 Å². The van der Waals surface area contributed by atoms with E-state index in [-0.39, 0.29) is 24.7 Å². The maximum absolute atomic E-state index is 12.3. The third-order valence-corrected chi connectivity index (χ3v) is 3.88. The van der Waals surface area contributed by atoms with Crippen LogP contribution >= 0.6 is 0 Å². The number of nitrogens with zero attached hydrogens (tertiary/aromatic N) is 1. The summed E-state index contributed by atoms with van der Waals surface area (Å²) in [7, 11) is 0. The van der Waals surface area contributed by atoms with Crippen LogP contribution in [0.1, 0.15) is 44.2 Å². The Hall–Kier alpha value is -1.55. The summed E-state index contributed by atoms with van der Waals surface area (Å²) in [5.41, 5.74) is 1.96. The van der Waals surface area contributed by atoms with Crippen LogP contribution in [0.15, 0.2) is 24.3 Å². The van der Waals surface area contributed by atoms with E-state index in [4.69, 9.17) is 4.74 Å². The van der Waals surface area contributed by atoms with Crippen LogP contribution in [0.25, 0.3) is 0 Å². The quantitative estimate of drug-likeness (QED) is 0.911. The van der Waals surface area contributed by atoms with Crippen molar-refractivity contribution in [2.75, 3.05) is 13.2 Å². The number of carbonyl (C=O) groups is 1. The Morgan fingerprint density at radius 1 is 1.38 bits per heavy atom. The number of hydrogen-bond acceptors (Lipinski definition) is 3. The van der Waals surface area contributed by atoms with Crippen molar-refractivity contribution in [1.82, 2.24) is 4.90 Å². The van der Waals surface area contributed by atoms with Gasteiger partial charge in [0.2, 0.25) is 0 Å². The molecule has 1 aliphatic heterocycles. The van der Waals surface area contributed by atoms with E-state index in [9.17, 15) is 9.90 Å². The number of carbonyl (C=O) groups excluding carboxylic acids is 1. The molecule has 0 saturated carbocycles. The molecule has 1 heterocycles. The van der Waals surface area contributed by atoms with Crippen LogP contribution in [0.2, 0.25) is 0 Å². The van der Waals surface area contributed by atoms with Crippen LogP contribution in [-0.2, 0) is 4.74 Å². The third kappa shape index (κ3) is 3.76. The molecule has 0 bridgehead atoms. The summed E-state index contributed by atoms with van der Waals surface area (Å²) >= 11 is 0. The predicted molar refractivity (Wildman–Crippen MR) is 82.4 cm³/mol. The first-order chi connectivity index (χ1) is 9.81. The Morgan fingerprint density at radius 3 is 2.62 bits per heavy atom. The first kappa shape index (κ1) is 15.8. The van der Waals surface area contributed by atoms with E-state index in [0.29, 0.717) is 6.54 Å². The van der Waals surface area contributed by atoms with Gasteiger partial charge in [-0.15, -0.1) is 0 Å². The second kappa shape index (κ2) is 6.06. The molecule has 0 unspecified atom stereocenters. The number of amides is 1. The van der Waals surface area contributed by atoms with Crippen LogP contribution in [0.4, 0.5) is 4.79 Å². The molecule has 4 nitrogen and oxygen atoms in total. The minimum Gasteiger partial charge on any atom is -0.444 e. The van der Waals surface area contributed by atoms with Crippen LogP contribution in [0.3, 0.4) is 0 Å². The normalized spacial score (nSPS) is 22.4. The summed E-state index contributed by atoms with van der Waals surface area (Å²) < 4.78 is 5.44. The minimum atomic E-state index is -0.516. The highest BCUT2D eigenvalue weighted by Crippen LogP contribution is 2.34. The maximum atomic E-state index is 12.3. The lowest BCUT2D eigenvalue weighted by Gasteiger charge is -2.27. The van der Waals surface area contributed by atoms with E-state index < -0.39 is 5.60 Å². The molecule has 1 amide bonds. The van der Waals surface area contributed by atoms with Crippen LogP contribution in [0.5, 0.6) is 0 Å². The first-order valence-corrected chi connectivity index (χ1v) is 7.48. The van der Waals surface area contributed by atoms with E-state index in [1.807, 2.05) is 32.9 Å². The fraction of sp³-hybridized carbons (Fsp3) is 0.588. The number of hydrogen-bond donors (Lipinski definition) is 1. The number of ether oxygens (including phenoxy) is 1. The second-order valence-corrected chi connectivity index (χ2v) is 6.76. The summed E-state index contributed by atoms with van der Waals surface area (Å²) in [6.45, 7) is 8.22. The second-order valence-electron chi connectivity index (χ2n) is 6.76. The molecule has 0 aromatic heterocycles. The van der Waals surface area contributed by atoms with Gasteiger partial charge in [0, 0.05) is 12.5 Å². The summed E-state index contributed by atoms with van der Waals surface area (Å²) in [5, 5.41) is 9.57. The van der Waals surface area contributed by atoms with Gasteiger partial charge in [0.1, 0.15) is 5.60 Å². The number of likely N-dealkylation sites (tertiary alicyclic amines) is 1. The molecule has 1 saturated heterocycles. The molecule has 1 fully saturated rings. The number of rotatable bonds is 2. The van der Waals surface area contributed by atoms with Crippen molar-refractivity contribution in [3.05, 3.63) is 35.4 Å². The molecule has 0 aliphatic carbocycles. The van der Waals surface area contributed by atoms with E-state index in [1.54, 1.807) is 4.90 Å². The third-order valence-electron chi connectivity index (χ3n) is 3.88. The Kier molecular flexibility index (Phi) is 4.57. The lowest BCUT2D eigenvalue weighted by atomic mass is 9.93. The molecular weight excluding hydrogens is 266 g/mol. The largest absolute Gasteiger partial charge is 0.444 e. The average Bonchev–Trinajstić information content (AvgIpc) is 2.81. The summed E-state index contributed by atoms with van der Waals surface area (Å²) in [5.74, 6) is 0.260. The minimum absolute atomic E-state index is 0.0262. The molecule has 4 heteroatoms. The Morgan fingerprint density at radius 2 is 2.05 bits per heavy atom. The van der Waals surface area contributed by atoms with Gasteiger partial charge in [-0.25, -0.2) is 4.79 Å². The first-order valence-electron chi connectivity index (χ1n) is 7.48. The topological polar surface area (TPSA) is 49.8 Å². The molecule has 1 N–H and O–H groups in total.